The van der Waals surface area contributed by atoms with Crippen LogP contribution in [0.2, 0.25) is 0 Å². The maximum absolute atomic E-state index is 13.6. The predicted molar refractivity (Wildman–Crippen MR) is 156 cm³/mol. The summed E-state index contributed by atoms with van der Waals surface area (Å²) in [7, 11) is -9.53. The monoisotopic (exact) mass is 666 g/mol. The lowest BCUT2D eigenvalue weighted by atomic mass is 10.2. The topological polar surface area (TPSA) is 214 Å². The van der Waals surface area contributed by atoms with Gasteiger partial charge in [-0.1, -0.05) is 12.1 Å². The van der Waals surface area contributed by atoms with Gasteiger partial charge in [-0.25, -0.2) is 13.9 Å². The van der Waals surface area contributed by atoms with E-state index in [-0.39, 0.29) is 56.3 Å². The lowest BCUT2D eigenvalue weighted by Crippen LogP contribution is -2.41. The molecule has 0 spiro atoms. The van der Waals surface area contributed by atoms with E-state index in [4.69, 9.17) is 34.4 Å². The van der Waals surface area contributed by atoms with Gasteiger partial charge in [-0.3, -0.25) is 19.8 Å². The molecule has 15 nitrogen and oxygen atoms in total. The van der Waals surface area contributed by atoms with Crippen molar-refractivity contribution < 1.29 is 49.7 Å². The first-order chi connectivity index (χ1) is 19.8. The zero-order valence-corrected chi connectivity index (χ0v) is 26.2. The lowest BCUT2D eigenvalue weighted by molar-refractivity contribution is -0.146. The first-order valence-corrected chi connectivity index (χ1v) is 15.5. The van der Waals surface area contributed by atoms with Crippen LogP contribution in [0.15, 0.2) is 52.3 Å². The number of hydrogen-bond acceptors (Lipinski definition) is 12. The number of esters is 2. The van der Waals surface area contributed by atoms with E-state index >= 15 is 0 Å². The van der Waals surface area contributed by atoms with Gasteiger partial charge in [0.25, 0.3) is 0 Å². The van der Waals surface area contributed by atoms with Crippen molar-refractivity contribution >= 4 is 50.4 Å². The van der Waals surface area contributed by atoms with E-state index in [9.17, 15) is 26.4 Å². The van der Waals surface area contributed by atoms with Crippen molar-refractivity contribution in [1.29, 1.82) is 5.41 Å². The average molecular weight is 667 g/mol. The number of sulfonamides is 1. The molecule has 0 radical (unpaired) electrons. The second-order valence-corrected chi connectivity index (χ2v) is 11.8. The Kier molecular flexibility index (Phi) is 15.2. The van der Waals surface area contributed by atoms with E-state index < -0.39 is 55.0 Å². The van der Waals surface area contributed by atoms with Gasteiger partial charge in [0.2, 0.25) is 16.0 Å². The Hall–Kier alpha value is -3.64. The third kappa shape index (κ3) is 11.9. The summed E-state index contributed by atoms with van der Waals surface area (Å²) in [5.41, 5.74) is 7.88. The van der Waals surface area contributed by atoms with E-state index in [1.807, 2.05) is 0 Å². The molecule has 0 aliphatic heterocycles. The van der Waals surface area contributed by atoms with Gasteiger partial charge in [0, 0.05) is 12.5 Å². The van der Waals surface area contributed by atoms with Crippen molar-refractivity contribution in [2.75, 3.05) is 39.5 Å². The number of nitrogens with zero attached hydrogens (tertiary/aromatic N) is 1. The molecule has 0 heterocycles. The first-order valence-electron chi connectivity index (χ1n) is 12.6. The van der Waals surface area contributed by atoms with E-state index in [1.165, 1.54) is 38.1 Å². The molecule has 0 saturated heterocycles. The van der Waals surface area contributed by atoms with Crippen LogP contribution in [0.25, 0.3) is 0 Å². The summed E-state index contributed by atoms with van der Waals surface area (Å²) in [4.78, 5) is 27.8. The molecule has 4 N–H and O–H groups in total. The van der Waals surface area contributed by atoms with E-state index in [0.29, 0.717) is 16.3 Å². The molecule has 2 aromatic rings. The van der Waals surface area contributed by atoms with Crippen molar-refractivity contribution in [2.45, 2.75) is 37.0 Å². The van der Waals surface area contributed by atoms with Gasteiger partial charge in [0.1, 0.15) is 34.4 Å². The largest absolute Gasteiger partial charge is 0.493 e. The smallest absolute Gasteiger partial charge is 0.340 e. The Balaban J connectivity index is 0.00000924. The average Bonchev–Trinajstić information content (AvgIpc) is 2.90. The fraction of sp³-hybridized carbons (Fsp3) is 0.400. The number of halogens is 1. The van der Waals surface area contributed by atoms with Crippen molar-refractivity contribution in [2.24, 2.45) is 5.73 Å². The van der Waals surface area contributed by atoms with Gasteiger partial charge < -0.3 is 24.1 Å². The van der Waals surface area contributed by atoms with Crippen molar-refractivity contribution in [3.63, 3.8) is 0 Å². The van der Waals surface area contributed by atoms with E-state index in [2.05, 4.69) is 5.48 Å². The Morgan fingerprint density at radius 3 is 2.02 bits per heavy atom. The quantitative estimate of drug-likeness (QED) is 0.0545. The molecule has 0 aliphatic rings. The Morgan fingerprint density at radius 1 is 0.907 bits per heavy atom. The molecule has 0 amide bonds. The number of guanidine groups is 1. The predicted octanol–water partition coefficient (Wildman–Crippen LogP) is 1.48. The molecule has 18 heteroatoms. The highest BCUT2D eigenvalue weighted by Crippen LogP contribution is 2.29. The molecular formula is C25H35ClN4O11S2. The normalized spacial score (nSPS) is 11.3. The zero-order valence-electron chi connectivity index (χ0n) is 23.7. The van der Waals surface area contributed by atoms with Gasteiger partial charge in [0.05, 0.1) is 26.4 Å². The number of rotatable bonds is 17. The summed E-state index contributed by atoms with van der Waals surface area (Å²) in [6.45, 7) is 3.25. The molecular weight excluding hydrogens is 632 g/mol. The Labute approximate surface area is 256 Å². The highest BCUT2D eigenvalue weighted by atomic mass is 35.5. The third-order valence-corrected chi connectivity index (χ3v) is 8.32. The van der Waals surface area contributed by atoms with Crippen molar-refractivity contribution in [1.82, 2.24) is 9.79 Å². The summed E-state index contributed by atoms with van der Waals surface area (Å²) < 4.78 is 75.0. The summed E-state index contributed by atoms with van der Waals surface area (Å²) >= 11 is 0. The zero-order chi connectivity index (χ0) is 31.3. The van der Waals surface area contributed by atoms with Crippen LogP contribution in [0.5, 0.6) is 11.5 Å². The number of nitrogens with one attached hydrogen (secondary N) is 2. The van der Waals surface area contributed by atoms with Crippen LogP contribution in [-0.2, 0) is 44.0 Å². The minimum atomic E-state index is -4.77. The highest BCUT2D eigenvalue weighted by Gasteiger charge is 2.35. The molecule has 0 fully saturated rings. The molecule has 0 aromatic heterocycles. The van der Waals surface area contributed by atoms with Gasteiger partial charge >= 0.3 is 22.1 Å². The number of benzene rings is 2. The third-order valence-electron chi connectivity index (χ3n) is 5.03. The van der Waals surface area contributed by atoms with Crippen LogP contribution in [0, 0.1) is 12.3 Å². The maximum atomic E-state index is 13.6. The SMILES string of the molecule is CCOC(=O)CN(CC(=O)OCC)S(=O)(=O)c1ccccc1S(=O)(=O)Oc1cc(C)cc(OCCCONC(=N)N)c1.Cl. The molecule has 0 saturated carbocycles. The van der Waals surface area contributed by atoms with Crippen LogP contribution in [0.3, 0.4) is 0 Å². The summed E-state index contributed by atoms with van der Waals surface area (Å²) in [5, 5.41) is 7.02. The fourth-order valence-electron chi connectivity index (χ4n) is 3.40. The van der Waals surface area contributed by atoms with Gasteiger partial charge in [-0.15, -0.1) is 12.4 Å². The molecule has 0 aliphatic carbocycles. The van der Waals surface area contributed by atoms with Crippen molar-refractivity contribution in [3.05, 3.63) is 48.0 Å². The van der Waals surface area contributed by atoms with Crippen LogP contribution in [0.1, 0.15) is 25.8 Å². The number of aryl methyl sites for hydroxylation is 1. The number of nitrogens with two attached hydrogens (primary N) is 1. The Morgan fingerprint density at radius 2 is 1.47 bits per heavy atom. The molecule has 2 rings (SSSR count). The molecule has 2 aromatic carbocycles. The number of hydroxylamine groups is 1. The fourth-order valence-corrected chi connectivity index (χ4v) is 6.43. The second-order valence-electron chi connectivity index (χ2n) is 8.42. The molecule has 0 atom stereocenters. The van der Waals surface area contributed by atoms with Crippen LogP contribution in [0.4, 0.5) is 0 Å². The number of ether oxygens (including phenoxy) is 3. The summed E-state index contributed by atoms with van der Waals surface area (Å²) in [6.07, 6.45) is 0.405. The van der Waals surface area contributed by atoms with E-state index in [0.717, 1.165) is 12.1 Å². The second kappa shape index (κ2) is 17.5. The highest BCUT2D eigenvalue weighted by molar-refractivity contribution is 7.91. The number of hydrogen-bond donors (Lipinski definition) is 3. The standard InChI is InChI=1S/C25H34N4O11S2.ClH/c1-4-36-23(30)16-29(17-24(31)37-5-2)41(32,33)21-9-6-7-10-22(21)42(34,35)40-20-14-18(3)13-19(15-20)38-11-8-12-39-28-25(26)27;/h6-7,9-10,13-15H,4-5,8,11-12,16-17H2,1-3H3,(H4,26,27,28);1H. The van der Waals surface area contributed by atoms with Gasteiger partial charge in [-0.05, 0) is 50.6 Å². The minimum Gasteiger partial charge on any atom is -0.493 e. The number of carbonyl (C=O) groups excluding carboxylic acids is 2. The molecule has 0 unspecified atom stereocenters. The lowest BCUT2D eigenvalue weighted by Gasteiger charge is -2.22. The summed E-state index contributed by atoms with van der Waals surface area (Å²) in [6, 6.07) is 8.98. The van der Waals surface area contributed by atoms with Crippen LogP contribution in [-0.4, -0.2) is 78.6 Å². The minimum absolute atomic E-state index is 0. The Bertz CT molecular complexity index is 1450. The molecule has 0 bridgehead atoms. The van der Waals surface area contributed by atoms with E-state index in [1.54, 1.807) is 13.0 Å². The summed E-state index contributed by atoms with van der Waals surface area (Å²) in [5.74, 6) is -2.12. The van der Waals surface area contributed by atoms with Crippen molar-refractivity contribution in [3.8, 4) is 11.5 Å². The number of carbonyl (C=O) groups is 2. The molecule has 43 heavy (non-hydrogen) atoms. The molecule has 240 valence electrons. The van der Waals surface area contributed by atoms with Gasteiger partial charge in [0.15, 0.2) is 0 Å². The first kappa shape index (κ1) is 37.4. The van der Waals surface area contributed by atoms with Gasteiger partial charge in [-0.2, -0.15) is 12.7 Å². The van der Waals surface area contributed by atoms with Crippen LogP contribution < -0.4 is 20.1 Å². The maximum Gasteiger partial charge on any atom is 0.340 e. The van der Waals surface area contributed by atoms with Crippen LogP contribution >= 0.6 is 12.4 Å².